The number of aliphatic imine (C=N–C) groups is 1. The number of rotatable bonds is 4. The van der Waals surface area contributed by atoms with E-state index in [2.05, 4.69) is 25.6 Å². The number of carbonyl (C=O) groups excluding carboxylic acids is 1. The molecule has 3 rings (SSSR count). The Kier molecular flexibility index (Phi) is 8.87. The van der Waals surface area contributed by atoms with Crippen molar-refractivity contribution in [2.45, 2.75) is 39.0 Å². The van der Waals surface area contributed by atoms with Crippen LogP contribution in [0.4, 0.5) is 0 Å². The van der Waals surface area contributed by atoms with Crippen LogP contribution in [0.2, 0.25) is 0 Å². The molecule has 0 spiro atoms. The van der Waals surface area contributed by atoms with Gasteiger partial charge in [0.05, 0.1) is 19.3 Å². The molecule has 1 saturated heterocycles. The number of benzene rings is 1. The van der Waals surface area contributed by atoms with Crippen LogP contribution < -0.4 is 10.6 Å². The Balaban J connectivity index is 0.00000341. The van der Waals surface area contributed by atoms with Gasteiger partial charge in [-0.1, -0.05) is 12.1 Å². The smallest absolute Gasteiger partial charge is 0.251 e. The highest BCUT2D eigenvalue weighted by Gasteiger charge is 2.25. The number of carbonyl (C=O) groups is 1. The number of aryl methyl sites for hydroxylation is 1. The van der Waals surface area contributed by atoms with Crippen molar-refractivity contribution in [2.24, 2.45) is 12.0 Å². The summed E-state index contributed by atoms with van der Waals surface area (Å²) in [5.74, 6) is 0.748. The average molecular weight is 540 g/mol. The van der Waals surface area contributed by atoms with E-state index >= 15 is 0 Å². The number of hydrogen-bond donors (Lipinski definition) is 2. The molecule has 1 fully saturated rings. The van der Waals surface area contributed by atoms with Gasteiger partial charge in [-0.2, -0.15) is 5.10 Å². The Bertz CT molecular complexity index is 905. The van der Waals surface area contributed by atoms with Crippen molar-refractivity contribution in [3.05, 3.63) is 53.3 Å². The lowest BCUT2D eigenvalue weighted by Crippen LogP contribution is -2.47. The molecular formula is C22H33IN6O2. The van der Waals surface area contributed by atoms with Crippen molar-refractivity contribution >= 4 is 35.8 Å². The van der Waals surface area contributed by atoms with Crippen LogP contribution in [0, 0.1) is 0 Å². The van der Waals surface area contributed by atoms with E-state index in [1.54, 1.807) is 11.7 Å². The Morgan fingerprint density at radius 3 is 2.77 bits per heavy atom. The lowest BCUT2D eigenvalue weighted by atomic mass is 10.1. The molecule has 0 aliphatic carbocycles. The van der Waals surface area contributed by atoms with E-state index in [1.807, 2.05) is 64.5 Å². The highest BCUT2D eigenvalue weighted by molar-refractivity contribution is 14.0. The van der Waals surface area contributed by atoms with Gasteiger partial charge in [0.15, 0.2) is 5.96 Å². The molecule has 1 amide bonds. The number of aromatic nitrogens is 2. The molecule has 2 N–H and O–H groups in total. The lowest BCUT2D eigenvalue weighted by molar-refractivity contribution is -0.00805. The van der Waals surface area contributed by atoms with E-state index in [0.29, 0.717) is 25.3 Å². The first kappa shape index (κ1) is 25.1. The zero-order chi connectivity index (χ0) is 21.7. The molecule has 2 heterocycles. The summed E-state index contributed by atoms with van der Waals surface area (Å²) in [6, 6.07) is 7.66. The predicted molar refractivity (Wildman–Crippen MR) is 133 cm³/mol. The van der Waals surface area contributed by atoms with Gasteiger partial charge in [-0.25, -0.2) is 0 Å². The fourth-order valence-electron chi connectivity index (χ4n) is 3.40. The van der Waals surface area contributed by atoms with Gasteiger partial charge in [0.1, 0.15) is 6.10 Å². The molecular weight excluding hydrogens is 507 g/mol. The summed E-state index contributed by atoms with van der Waals surface area (Å²) < 4.78 is 7.71. The first-order valence-corrected chi connectivity index (χ1v) is 10.2. The number of morpholine rings is 1. The van der Waals surface area contributed by atoms with Crippen LogP contribution in [0.1, 0.15) is 48.4 Å². The summed E-state index contributed by atoms with van der Waals surface area (Å²) in [6.45, 7) is 8.61. The Morgan fingerprint density at radius 1 is 1.35 bits per heavy atom. The Hall–Kier alpha value is -2.14. The molecule has 1 aliphatic heterocycles. The van der Waals surface area contributed by atoms with Crippen LogP contribution in [0.5, 0.6) is 0 Å². The quantitative estimate of drug-likeness (QED) is 0.354. The Morgan fingerprint density at radius 2 is 2.13 bits per heavy atom. The topological polar surface area (TPSA) is 83.8 Å². The van der Waals surface area contributed by atoms with Crippen molar-refractivity contribution in [3.8, 4) is 0 Å². The SMILES string of the molecule is CN=C(NCc1cccc(C(=O)NC(C)(C)C)c1)N1CCOC(c2cnn(C)c2)C1.I. The van der Waals surface area contributed by atoms with Crippen molar-refractivity contribution in [3.63, 3.8) is 0 Å². The van der Waals surface area contributed by atoms with Gasteiger partial charge in [-0.3, -0.25) is 14.5 Å². The maximum atomic E-state index is 12.4. The third-order valence-corrected chi connectivity index (χ3v) is 4.80. The molecule has 1 aliphatic rings. The van der Waals surface area contributed by atoms with Crippen LogP contribution in [0.25, 0.3) is 0 Å². The monoisotopic (exact) mass is 540 g/mol. The molecule has 1 atom stereocenters. The normalized spacial score (nSPS) is 17.1. The molecule has 1 aromatic heterocycles. The molecule has 2 aromatic rings. The number of halogens is 1. The molecule has 1 aromatic carbocycles. The number of ether oxygens (including phenoxy) is 1. The van der Waals surface area contributed by atoms with E-state index in [1.165, 1.54) is 0 Å². The number of amides is 1. The van der Waals surface area contributed by atoms with Gasteiger partial charge >= 0.3 is 0 Å². The van der Waals surface area contributed by atoms with Gasteiger partial charge in [0.2, 0.25) is 0 Å². The second-order valence-corrected chi connectivity index (χ2v) is 8.56. The molecule has 8 nitrogen and oxygen atoms in total. The first-order valence-electron chi connectivity index (χ1n) is 10.2. The number of nitrogens with one attached hydrogen (secondary N) is 2. The summed E-state index contributed by atoms with van der Waals surface area (Å²) in [7, 11) is 3.69. The van der Waals surface area contributed by atoms with Gasteiger partial charge in [0.25, 0.3) is 5.91 Å². The zero-order valence-corrected chi connectivity index (χ0v) is 21.2. The lowest BCUT2D eigenvalue weighted by Gasteiger charge is -2.34. The molecule has 9 heteroatoms. The van der Waals surface area contributed by atoms with Gasteiger partial charge in [-0.05, 0) is 38.5 Å². The highest BCUT2D eigenvalue weighted by atomic mass is 127. The molecule has 0 bridgehead atoms. The van der Waals surface area contributed by atoms with E-state index in [9.17, 15) is 4.79 Å². The standard InChI is InChI=1S/C22H32N6O2.HI/c1-22(2,3)26-20(29)17-8-6-7-16(11-17)12-24-21(23-4)28-9-10-30-19(15-28)18-13-25-27(5)14-18;/h6-8,11,13-14,19H,9-10,12,15H2,1-5H3,(H,23,24)(H,26,29);1H. The van der Waals surface area contributed by atoms with Crippen LogP contribution in [0.15, 0.2) is 41.7 Å². The fourth-order valence-corrected chi connectivity index (χ4v) is 3.40. The minimum absolute atomic E-state index is 0. The van der Waals surface area contributed by atoms with Crippen LogP contribution in [-0.2, 0) is 18.3 Å². The maximum Gasteiger partial charge on any atom is 0.251 e. The van der Waals surface area contributed by atoms with E-state index in [4.69, 9.17) is 4.74 Å². The summed E-state index contributed by atoms with van der Waals surface area (Å²) in [6.07, 6.45) is 3.80. The summed E-state index contributed by atoms with van der Waals surface area (Å²) >= 11 is 0. The summed E-state index contributed by atoms with van der Waals surface area (Å²) in [4.78, 5) is 19.1. The van der Waals surface area contributed by atoms with Crippen LogP contribution in [0.3, 0.4) is 0 Å². The van der Waals surface area contributed by atoms with Gasteiger partial charge in [-0.15, -0.1) is 24.0 Å². The van der Waals surface area contributed by atoms with Crippen molar-refractivity contribution < 1.29 is 9.53 Å². The number of hydrogen-bond acceptors (Lipinski definition) is 4. The fraction of sp³-hybridized carbons (Fsp3) is 0.500. The minimum atomic E-state index is -0.269. The molecule has 170 valence electrons. The number of guanidine groups is 1. The van der Waals surface area contributed by atoms with Gasteiger partial charge in [0, 0.05) is 50.0 Å². The van der Waals surface area contributed by atoms with E-state index in [-0.39, 0.29) is 41.5 Å². The molecule has 0 saturated carbocycles. The second kappa shape index (κ2) is 10.9. The largest absolute Gasteiger partial charge is 0.370 e. The summed E-state index contributed by atoms with van der Waals surface area (Å²) in [5, 5.41) is 10.7. The van der Waals surface area contributed by atoms with Crippen LogP contribution >= 0.6 is 24.0 Å². The first-order chi connectivity index (χ1) is 14.2. The van der Waals surface area contributed by atoms with Crippen molar-refractivity contribution in [1.29, 1.82) is 0 Å². The van der Waals surface area contributed by atoms with E-state index in [0.717, 1.165) is 23.6 Å². The van der Waals surface area contributed by atoms with Crippen molar-refractivity contribution in [2.75, 3.05) is 26.7 Å². The minimum Gasteiger partial charge on any atom is -0.370 e. The molecule has 31 heavy (non-hydrogen) atoms. The maximum absolute atomic E-state index is 12.4. The summed E-state index contributed by atoms with van der Waals surface area (Å²) in [5.41, 5.74) is 2.47. The molecule has 1 unspecified atom stereocenters. The predicted octanol–water partition coefficient (Wildman–Crippen LogP) is 2.72. The van der Waals surface area contributed by atoms with Crippen molar-refractivity contribution in [1.82, 2.24) is 25.3 Å². The third kappa shape index (κ3) is 7.20. The highest BCUT2D eigenvalue weighted by Crippen LogP contribution is 2.21. The van der Waals surface area contributed by atoms with E-state index < -0.39 is 0 Å². The average Bonchev–Trinajstić information content (AvgIpc) is 3.14. The van der Waals surface area contributed by atoms with Crippen LogP contribution in [-0.4, -0.2) is 58.8 Å². The molecule has 0 radical (unpaired) electrons. The third-order valence-electron chi connectivity index (χ3n) is 4.80. The zero-order valence-electron chi connectivity index (χ0n) is 18.9. The second-order valence-electron chi connectivity index (χ2n) is 8.56. The Labute approximate surface area is 201 Å². The van der Waals surface area contributed by atoms with Gasteiger partial charge < -0.3 is 20.3 Å². The number of nitrogens with zero attached hydrogens (tertiary/aromatic N) is 4.